The zero-order chi connectivity index (χ0) is 15.6. The van der Waals surface area contributed by atoms with Gasteiger partial charge in [-0.25, -0.2) is 0 Å². The average molecular weight is 384 g/mol. The molecule has 1 amide bonds. The number of carbonyl (C=O) groups excluding carboxylic acids is 1. The molecule has 2 aromatic carbocycles. The Hall–Kier alpha value is -1.43. The highest BCUT2D eigenvalue weighted by Gasteiger charge is 2.13. The van der Waals surface area contributed by atoms with Crippen molar-refractivity contribution in [3.8, 4) is 0 Å². The molecule has 0 radical (unpaired) electrons. The summed E-state index contributed by atoms with van der Waals surface area (Å²) in [5, 5.41) is 3.42. The van der Waals surface area contributed by atoms with E-state index in [1.807, 2.05) is 13.0 Å². The number of amides is 1. The first-order chi connectivity index (χ1) is 9.88. The minimum Gasteiger partial charge on any atom is -0.389 e. The van der Waals surface area contributed by atoms with Gasteiger partial charge in [0, 0.05) is 20.6 Å². The van der Waals surface area contributed by atoms with Gasteiger partial charge in [0.25, 0.3) is 5.91 Å². The molecule has 0 saturated carbocycles. The van der Waals surface area contributed by atoms with Gasteiger partial charge < -0.3 is 11.1 Å². The number of rotatable bonds is 3. The second kappa shape index (κ2) is 6.56. The molecule has 2 aromatic rings. The lowest BCUT2D eigenvalue weighted by Gasteiger charge is -2.12. The van der Waals surface area contributed by atoms with Gasteiger partial charge in [0.15, 0.2) is 0 Å². The molecule has 0 aromatic heterocycles. The topological polar surface area (TPSA) is 55.1 Å². The van der Waals surface area contributed by atoms with Crippen LogP contribution in [0, 0.1) is 6.92 Å². The zero-order valence-corrected chi connectivity index (χ0v) is 14.3. The number of hydrogen-bond acceptors (Lipinski definition) is 2. The quantitative estimate of drug-likeness (QED) is 0.777. The molecular formula is C15H12BrClN2OS. The Bertz CT molecular complexity index is 734. The van der Waals surface area contributed by atoms with Crippen molar-refractivity contribution in [2.75, 3.05) is 5.32 Å². The van der Waals surface area contributed by atoms with Crippen LogP contribution >= 0.6 is 39.7 Å². The molecule has 0 bridgehead atoms. The van der Waals surface area contributed by atoms with Gasteiger partial charge in [-0.15, -0.1) is 0 Å². The van der Waals surface area contributed by atoms with E-state index in [9.17, 15) is 4.79 Å². The van der Waals surface area contributed by atoms with Crippen LogP contribution in [0.15, 0.2) is 40.9 Å². The summed E-state index contributed by atoms with van der Waals surface area (Å²) in [6.07, 6.45) is 0. The van der Waals surface area contributed by atoms with Crippen LogP contribution in [0.1, 0.15) is 21.5 Å². The van der Waals surface area contributed by atoms with Gasteiger partial charge in [-0.05, 0) is 48.9 Å². The Kier molecular flexibility index (Phi) is 4.98. The molecule has 0 aliphatic rings. The van der Waals surface area contributed by atoms with E-state index in [-0.39, 0.29) is 10.9 Å². The Morgan fingerprint density at radius 1 is 1.24 bits per heavy atom. The van der Waals surface area contributed by atoms with E-state index in [0.29, 0.717) is 21.8 Å². The van der Waals surface area contributed by atoms with E-state index in [4.69, 9.17) is 29.6 Å². The Labute approximate surface area is 141 Å². The third-order valence-corrected chi connectivity index (χ3v) is 3.88. The Morgan fingerprint density at radius 2 is 1.95 bits per heavy atom. The number of nitrogens with one attached hydrogen (secondary N) is 1. The molecule has 0 aliphatic carbocycles. The summed E-state index contributed by atoms with van der Waals surface area (Å²) in [6.45, 7) is 1.83. The lowest BCUT2D eigenvalue weighted by molar-refractivity contribution is 0.102. The fraction of sp³-hybridized carbons (Fsp3) is 0.0667. The fourth-order valence-electron chi connectivity index (χ4n) is 1.90. The highest BCUT2D eigenvalue weighted by atomic mass is 79.9. The summed E-state index contributed by atoms with van der Waals surface area (Å²) >= 11 is 14.3. The standard InChI is InChI=1S/C15H12BrClN2OS/c1-8-6-10(17)3-4-11(8)15(20)19-13-5-2-9(16)7-12(13)14(18)21/h2-7H,1H3,(H2,18,21)(H,19,20). The van der Waals surface area contributed by atoms with Gasteiger partial charge in [-0.3, -0.25) is 4.79 Å². The van der Waals surface area contributed by atoms with Crippen LogP contribution in [0.2, 0.25) is 5.02 Å². The molecule has 0 spiro atoms. The first-order valence-electron chi connectivity index (χ1n) is 6.05. The van der Waals surface area contributed by atoms with Crippen molar-refractivity contribution in [3.63, 3.8) is 0 Å². The van der Waals surface area contributed by atoms with Crippen LogP contribution in [0.5, 0.6) is 0 Å². The molecule has 108 valence electrons. The monoisotopic (exact) mass is 382 g/mol. The van der Waals surface area contributed by atoms with Gasteiger partial charge in [0.2, 0.25) is 0 Å². The molecule has 3 nitrogen and oxygen atoms in total. The highest BCUT2D eigenvalue weighted by molar-refractivity contribution is 9.10. The number of thiocarbonyl (C=S) groups is 1. The van der Waals surface area contributed by atoms with Crippen LogP contribution in [0.4, 0.5) is 5.69 Å². The normalized spacial score (nSPS) is 10.2. The molecule has 0 fully saturated rings. The number of hydrogen-bond donors (Lipinski definition) is 2. The van der Waals surface area contributed by atoms with E-state index >= 15 is 0 Å². The third-order valence-electron chi connectivity index (χ3n) is 2.93. The summed E-state index contributed by atoms with van der Waals surface area (Å²) in [5.74, 6) is -0.232. The molecule has 0 saturated heterocycles. The van der Waals surface area contributed by atoms with Crippen LogP contribution in [0.3, 0.4) is 0 Å². The van der Waals surface area contributed by atoms with Gasteiger partial charge >= 0.3 is 0 Å². The predicted octanol–water partition coefficient (Wildman–Crippen LogP) is 4.30. The van der Waals surface area contributed by atoms with Crippen molar-refractivity contribution in [3.05, 3.63) is 62.6 Å². The minimum atomic E-state index is -0.232. The van der Waals surface area contributed by atoms with Crippen LogP contribution in [0.25, 0.3) is 0 Å². The molecule has 0 heterocycles. The molecule has 6 heteroatoms. The zero-order valence-electron chi connectivity index (χ0n) is 11.1. The Morgan fingerprint density at radius 3 is 2.57 bits per heavy atom. The number of aryl methyl sites for hydroxylation is 1. The SMILES string of the molecule is Cc1cc(Cl)ccc1C(=O)Nc1ccc(Br)cc1C(N)=S. The van der Waals surface area contributed by atoms with Crippen molar-refractivity contribution >= 4 is 56.3 Å². The maximum atomic E-state index is 12.4. The van der Waals surface area contributed by atoms with E-state index in [1.165, 1.54) is 0 Å². The number of benzene rings is 2. The van der Waals surface area contributed by atoms with E-state index in [2.05, 4.69) is 21.2 Å². The molecule has 0 unspecified atom stereocenters. The van der Waals surface area contributed by atoms with Crippen molar-refractivity contribution in [2.45, 2.75) is 6.92 Å². The summed E-state index contributed by atoms with van der Waals surface area (Å²) in [5.41, 5.74) is 8.23. The number of nitrogens with two attached hydrogens (primary N) is 1. The van der Waals surface area contributed by atoms with Gasteiger partial charge in [-0.1, -0.05) is 39.7 Å². The van der Waals surface area contributed by atoms with Crippen LogP contribution in [-0.2, 0) is 0 Å². The van der Waals surface area contributed by atoms with E-state index in [0.717, 1.165) is 10.0 Å². The van der Waals surface area contributed by atoms with Crippen molar-refractivity contribution in [1.29, 1.82) is 0 Å². The molecule has 3 N–H and O–H groups in total. The van der Waals surface area contributed by atoms with Crippen LogP contribution < -0.4 is 11.1 Å². The lowest BCUT2D eigenvalue weighted by atomic mass is 10.1. The van der Waals surface area contributed by atoms with Crippen LogP contribution in [-0.4, -0.2) is 10.9 Å². The fourth-order valence-corrected chi connectivity index (χ4v) is 2.66. The van der Waals surface area contributed by atoms with Crippen molar-refractivity contribution in [1.82, 2.24) is 0 Å². The largest absolute Gasteiger partial charge is 0.389 e. The molecular weight excluding hydrogens is 372 g/mol. The third kappa shape index (κ3) is 3.81. The molecule has 2 rings (SSSR count). The highest BCUT2D eigenvalue weighted by Crippen LogP contribution is 2.23. The molecule has 21 heavy (non-hydrogen) atoms. The summed E-state index contributed by atoms with van der Waals surface area (Å²) in [4.78, 5) is 12.6. The smallest absolute Gasteiger partial charge is 0.255 e. The maximum Gasteiger partial charge on any atom is 0.255 e. The molecule has 0 atom stereocenters. The van der Waals surface area contributed by atoms with E-state index in [1.54, 1.807) is 30.3 Å². The summed E-state index contributed by atoms with van der Waals surface area (Å²) < 4.78 is 0.839. The predicted molar refractivity (Wildman–Crippen MR) is 94.2 cm³/mol. The van der Waals surface area contributed by atoms with E-state index < -0.39 is 0 Å². The first kappa shape index (κ1) is 15.9. The number of anilines is 1. The lowest BCUT2D eigenvalue weighted by Crippen LogP contribution is -2.18. The number of halogens is 2. The van der Waals surface area contributed by atoms with Gasteiger partial charge in [0.1, 0.15) is 4.99 Å². The van der Waals surface area contributed by atoms with Gasteiger partial charge in [-0.2, -0.15) is 0 Å². The minimum absolute atomic E-state index is 0.222. The molecule has 0 aliphatic heterocycles. The van der Waals surface area contributed by atoms with Crippen molar-refractivity contribution in [2.24, 2.45) is 5.73 Å². The van der Waals surface area contributed by atoms with Gasteiger partial charge in [0.05, 0.1) is 5.69 Å². The first-order valence-corrected chi connectivity index (χ1v) is 7.63. The summed E-state index contributed by atoms with van der Waals surface area (Å²) in [7, 11) is 0. The maximum absolute atomic E-state index is 12.4. The van der Waals surface area contributed by atoms with Crippen molar-refractivity contribution < 1.29 is 4.79 Å². The Balaban J connectivity index is 2.34. The summed E-state index contributed by atoms with van der Waals surface area (Å²) in [6, 6.07) is 10.4. The average Bonchev–Trinajstić information content (AvgIpc) is 2.40. The second-order valence-electron chi connectivity index (χ2n) is 4.47. The second-order valence-corrected chi connectivity index (χ2v) is 6.26. The number of carbonyl (C=O) groups is 1.